The van der Waals surface area contributed by atoms with Crippen LogP contribution in [0.5, 0.6) is 0 Å². The zero-order chi connectivity index (χ0) is 18.0. The first-order valence-electron chi connectivity index (χ1n) is 8.97. The second-order valence-electron chi connectivity index (χ2n) is 6.85. The first kappa shape index (κ1) is 18.2. The number of benzene rings is 1. The van der Waals surface area contributed by atoms with E-state index >= 15 is 0 Å². The molecule has 2 heterocycles. The summed E-state index contributed by atoms with van der Waals surface area (Å²) in [5.41, 5.74) is 10.5. The number of hydrogen-bond donors (Lipinski definition) is 1. The van der Waals surface area contributed by atoms with Gasteiger partial charge in [0.05, 0.1) is 5.56 Å². The monoisotopic (exact) mass is 403 g/mol. The van der Waals surface area contributed by atoms with Crippen LogP contribution < -0.4 is 5.73 Å². The molecular formula is C20H26BrN3O. The average Bonchev–Trinajstić information content (AvgIpc) is 2.85. The van der Waals surface area contributed by atoms with Gasteiger partial charge in [0.2, 0.25) is 0 Å². The van der Waals surface area contributed by atoms with Crippen LogP contribution in [0, 0.1) is 13.8 Å². The molecule has 1 aromatic carbocycles. The van der Waals surface area contributed by atoms with Crippen LogP contribution in [0.25, 0.3) is 11.1 Å². The van der Waals surface area contributed by atoms with E-state index in [0.717, 1.165) is 40.1 Å². The summed E-state index contributed by atoms with van der Waals surface area (Å²) in [6, 6.07) is 8.07. The van der Waals surface area contributed by atoms with E-state index in [1.54, 1.807) is 0 Å². The van der Waals surface area contributed by atoms with Gasteiger partial charge in [-0.1, -0.05) is 34.5 Å². The van der Waals surface area contributed by atoms with E-state index in [0.29, 0.717) is 5.56 Å². The third kappa shape index (κ3) is 3.82. The number of aromatic nitrogens is 1. The summed E-state index contributed by atoms with van der Waals surface area (Å²) in [6.07, 6.45) is 3.93. The highest BCUT2D eigenvalue weighted by atomic mass is 79.9. The maximum Gasteiger partial charge on any atom is 0.251 e. The number of amides is 1. The highest BCUT2D eigenvalue weighted by Crippen LogP contribution is 2.33. The standard InChI is InChI=1S/C20H26BrN3O/c1-14-18(16-6-8-17(21)9-7-16)19(20(22)25)15(2)24(14)13-12-23-10-4-3-5-11-23/h6-9H,3-5,10-13H2,1-2H3,(H2,22,25). The summed E-state index contributed by atoms with van der Waals surface area (Å²) in [4.78, 5) is 14.7. The van der Waals surface area contributed by atoms with Crippen molar-refractivity contribution in [2.45, 2.75) is 39.7 Å². The van der Waals surface area contributed by atoms with Gasteiger partial charge in [0.1, 0.15) is 0 Å². The van der Waals surface area contributed by atoms with Crippen molar-refractivity contribution < 1.29 is 4.79 Å². The lowest BCUT2D eigenvalue weighted by atomic mass is 10.0. The van der Waals surface area contributed by atoms with Gasteiger partial charge in [-0.3, -0.25) is 4.79 Å². The van der Waals surface area contributed by atoms with Crippen LogP contribution in [0.3, 0.4) is 0 Å². The maximum atomic E-state index is 12.1. The normalized spacial score (nSPS) is 15.5. The first-order valence-corrected chi connectivity index (χ1v) is 9.76. The lowest BCUT2D eigenvalue weighted by molar-refractivity contribution is 0.1000. The van der Waals surface area contributed by atoms with E-state index in [4.69, 9.17) is 5.73 Å². The van der Waals surface area contributed by atoms with Crippen molar-refractivity contribution in [1.29, 1.82) is 0 Å². The van der Waals surface area contributed by atoms with E-state index in [1.165, 1.54) is 32.4 Å². The Morgan fingerprint density at radius 3 is 2.28 bits per heavy atom. The summed E-state index contributed by atoms with van der Waals surface area (Å²) < 4.78 is 3.28. The summed E-state index contributed by atoms with van der Waals surface area (Å²) in [5.74, 6) is -0.352. The Bertz CT molecular complexity index is 758. The molecule has 0 bridgehead atoms. The van der Waals surface area contributed by atoms with Crippen LogP contribution in [-0.2, 0) is 6.54 Å². The van der Waals surface area contributed by atoms with E-state index in [1.807, 2.05) is 31.2 Å². The van der Waals surface area contributed by atoms with Crippen LogP contribution in [-0.4, -0.2) is 35.0 Å². The summed E-state index contributed by atoms with van der Waals surface area (Å²) >= 11 is 3.47. The molecule has 4 nitrogen and oxygen atoms in total. The molecule has 0 radical (unpaired) electrons. The summed E-state index contributed by atoms with van der Waals surface area (Å²) in [7, 11) is 0. The van der Waals surface area contributed by atoms with Crippen molar-refractivity contribution in [3.8, 4) is 11.1 Å². The van der Waals surface area contributed by atoms with Gasteiger partial charge in [0.15, 0.2) is 0 Å². The fourth-order valence-corrected chi connectivity index (χ4v) is 4.18. The highest BCUT2D eigenvalue weighted by molar-refractivity contribution is 9.10. The molecule has 1 aliphatic rings. The second-order valence-corrected chi connectivity index (χ2v) is 7.76. The predicted octanol–water partition coefficient (Wildman–Crippen LogP) is 4.12. The number of piperidine rings is 1. The Morgan fingerprint density at radius 1 is 1.04 bits per heavy atom. The van der Waals surface area contributed by atoms with Crippen molar-refractivity contribution >= 4 is 21.8 Å². The van der Waals surface area contributed by atoms with Crippen molar-refractivity contribution in [2.75, 3.05) is 19.6 Å². The van der Waals surface area contributed by atoms with Crippen LogP contribution in [0.1, 0.15) is 41.0 Å². The SMILES string of the molecule is Cc1c(C(N)=O)c(-c2ccc(Br)cc2)c(C)n1CCN1CCCCC1. The van der Waals surface area contributed by atoms with Crippen molar-refractivity contribution in [2.24, 2.45) is 5.73 Å². The Balaban J connectivity index is 1.94. The number of rotatable bonds is 5. The van der Waals surface area contributed by atoms with Crippen molar-refractivity contribution in [3.63, 3.8) is 0 Å². The molecule has 0 atom stereocenters. The van der Waals surface area contributed by atoms with Crippen molar-refractivity contribution in [1.82, 2.24) is 9.47 Å². The zero-order valence-corrected chi connectivity index (χ0v) is 16.6. The van der Waals surface area contributed by atoms with E-state index in [-0.39, 0.29) is 5.91 Å². The number of nitrogens with two attached hydrogens (primary N) is 1. The van der Waals surface area contributed by atoms with Gasteiger partial charge in [0.25, 0.3) is 5.91 Å². The number of likely N-dealkylation sites (tertiary alicyclic amines) is 1. The molecule has 1 saturated heterocycles. The fraction of sp³-hybridized carbons (Fsp3) is 0.450. The molecule has 0 spiro atoms. The van der Waals surface area contributed by atoms with Gasteiger partial charge in [-0.2, -0.15) is 0 Å². The van der Waals surface area contributed by atoms with Gasteiger partial charge in [-0.25, -0.2) is 0 Å². The number of halogens is 1. The molecule has 2 aromatic rings. The first-order chi connectivity index (χ1) is 12.0. The molecule has 2 N–H and O–H groups in total. The largest absolute Gasteiger partial charge is 0.366 e. The van der Waals surface area contributed by atoms with E-state index in [9.17, 15) is 4.79 Å². The molecule has 25 heavy (non-hydrogen) atoms. The van der Waals surface area contributed by atoms with Crippen LogP contribution in [0.2, 0.25) is 0 Å². The van der Waals surface area contributed by atoms with Crippen LogP contribution >= 0.6 is 15.9 Å². The van der Waals surface area contributed by atoms with Crippen LogP contribution in [0.15, 0.2) is 28.7 Å². The molecule has 1 amide bonds. The topological polar surface area (TPSA) is 51.3 Å². The van der Waals surface area contributed by atoms with Crippen LogP contribution in [0.4, 0.5) is 0 Å². The molecule has 0 saturated carbocycles. The Labute approximate surface area is 158 Å². The smallest absolute Gasteiger partial charge is 0.251 e. The van der Waals surface area contributed by atoms with Gasteiger partial charge in [-0.15, -0.1) is 0 Å². The number of primary amides is 1. The summed E-state index contributed by atoms with van der Waals surface area (Å²) in [5, 5.41) is 0. The Kier molecular flexibility index (Phi) is 5.64. The molecule has 1 aromatic heterocycles. The minimum Gasteiger partial charge on any atom is -0.366 e. The molecular weight excluding hydrogens is 378 g/mol. The minimum atomic E-state index is -0.352. The number of nitrogens with zero attached hydrogens (tertiary/aromatic N) is 2. The molecule has 5 heteroatoms. The third-order valence-corrected chi connectivity index (χ3v) is 5.78. The van der Waals surface area contributed by atoms with Gasteiger partial charge < -0.3 is 15.2 Å². The van der Waals surface area contributed by atoms with Gasteiger partial charge in [-0.05, 0) is 57.5 Å². The molecule has 1 aliphatic heterocycles. The quantitative estimate of drug-likeness (QED) is 0.815. The predicted molar refractivity (Wildman–Crippen MR) is 106 cm³/mol. The molecule has 134 valence electrons. The lowest BCUT2D eigenvalue weighted by Gasteiger charge is -2.27. The summed E-state index contributed by atoms with van der Waals surface area (Å²) in [6.45, 7) is 8.38. The minimum absolute atomic E-state index is 0.352. The Morgan fingerprint density at radius 2 is 1.68 bits per heavy atom. The average molecular weight is 404 g/mol. The highest BCUT2D eigenvalue weighted by Gasteiger charge is 2.23. The van der Waals surface area contributed by atoms with Gasteiger partial charge in [0, 0.05) is 34.5 Å². The number of carbonyl (C=O) groups is 1. The van der Waals surface area contributed by atoms with E-state index < -0.39 is 0 Å². The van der Waals surface area contributed by atoms with Gasteiger partial charge >= 0.3 is 0 Å². The Hall–Kier alpha value is -1.59. The number of hydrogen-bond acceptors (Lipinski definition) is 2. The second kappa shape index (κ2) is 7.75. The molecule has 3 rings (SSSR count). The molecule has 0 aliphatic carbocycles. The molecule has 1 fully saturated rings. The van der Waals surface area contributed by atoms with Crippen molar-refractivity contribution in [3.05, 3.63) is 45.7 Å². The maximum absolute atomic E-state index is 12.1. The lowest BCUT2D eigenvalue weighted by Crippen LogP contribution is -2.32. The third-order valence-electron chi connectivity index (χ3n) is 5.25. The molecule has 0 unspecified atom stereocenters. The van der Waals surface area contributed by atoms with E-state index in [2.05, 4.69) is 32.3 Å². The number of carbonyl (C=O) groups excluding carboxylic acids is 1. The fourth-order valence-electron chi connectivity index (χ4n) is 3.91. The zero-order valence-electron chi connectivity index (χ0n) is 15.0.